The Bertz CT molecular complexity index is 669. The number of nitrogens with zero attached hydrogens (tertiary/aromatic N) is 3. The van der Waals surface area contributed by atoms with Crippen molar-refractivity contribution in [3.05, 3.63) is 30.1 Å². The third-order valence-corrected chi connectivity index (χ3v) is 5.67. The van der Waals surface area contributed by atoms with Gasteiger partial charge >= 0.3 is 6.09 Å². The molecule has 0 spiro atoms. The second-order valence-electron chi connectivity index (χ2n) is 9.41. The highest BCUT2D eigenvalue weighted by Gasteiger charge is 2.27. The molecule has 2 saturated heterocycles. The summed E-state index contributed by atoms with van der Waals surface area (Å²) >= 11 is 0. The summed E-state index contributed by atoms with van der Waals surface area (Å²) in [5, 5.41) is 8.59. The number of ether oxygens (including phenoxy) is 1. The van der Waals surface area contributed by atoms with Gasteiger partial charge in [0, 0.05) is 45.3 Å². The van der Waals surface area contributed by atoms with Crippen LogP contribution in [-0.4, -0.2) is 83.2 Å². The number of hydrogen-bond donors (Lipinski definition) is 1. The summed E-state index contributed by atoms with van der Waals surface area (Å²) < 4.78 is 17.2. The van der Waals surface area contributed by atoms with E-state index < -0.39 is 0 Å². The minimum Gasteiger partial charge on any atom is -0.508 e. The Balaban J connectivity index is 0.000000174. The van der Waals surface area contributed by atoms with E-state index in [0.29, 0.717) is 0 Å². The van der Waals surface area contributed by atoms with Gasteiger partial charge in [-0.05, 0) is 70.7 Å². The monoisotopic (exact) mass is 451 g/mol. The van der Waals surface area contributed by atoms with Crippen LogP contribution in [0.2, 0.25) is 0 Å². The SMILES string of the molecule is CC(C)(C)OC(=O)N1CCCC1.O=CN1CCN(C2CCC2)CC1.Oc1ccc(F)cc1. The summed E-state index contributed by atoms with van der Waals surface area (Å²) in [7, 11) is 0. The van der Waals surface area contributed by atoms with Gasteiger partial charge in [-0.3, -0.25) is 9.69 Å². The lowest BCUT2D eigenvalue weighted by Gasteiger charge is -2.42. The first-order valence-electron chi connectivity index (χ1n) is 11.5. The van der Waals surface area contributed by atoms with Gasteiger partial charge in [-0.2, -0.15) is 0 Å². The molecule has 2 aliphatic heterocycles. The van der Waals surface area contributed by atoms with E-state index in [9.17, 15) is 14.0 Å². The number of amides is 2. The molecule has 3 aliphatic rings. The Hall–Kier alpha value is -2.35. The van der Waals surface area contributed by atoms with E-state index in [1.807, 2.05) is 25.7 Å². The van der Waals surface area contributed by atoms with Crippen LogP contribution in [0.25, 0.3) is 0 Å². The zero-order valence-electron chi connectivity index (χ0n) is 19.6. The average Bonchev–Trinajstić information content (AvgIpc) is 3.25. The number of aromatic hydroxyl groups is 1. The number of carbonyl (C=O) groups excluding carboxylic acids is 2. The minimum absolute atomic E-state index is 0.0893. The Morgan fingerprint density at radius 2 is 1.56 bits per heavy atom. The Morgan fingerprint density at radius 1 is 1.00 bits per heavy atom. The van der Waals surface area contributed by atoms with E-state index in [-0.39, 0.29) is 23.3 Å². The molecule has 0 bridgehead atoms. The van der Waals surface area contributed by atoms with E-state index in [1.165, 1.54) is 43.5 Å². The van der Waals surface area contributed by atoms with Crippen LogP contribution in [-0.2, 0) is 9.53 Å². The van der Waals surface area contributed by atoms with Gasteiger partial charge in [-0.15, -0.1) is 0 Å². The van der Waals surface area contributed by atoms with Crippen molar-refractivity contribution in [2.24, 2.45) is 0 Å². The first-order valence-corrected chi connectivity index (χ1v) is 11.5. The van der Waals surface area contributed by atoms with Crippen LogP contribution in [0.5, 0.6) is 5.75 Å². The molecule has 0 aromatic heterocycles. The summed E-state index contributed by atoms with van der Waals surface area (Å²) in [6.07, 6.45) is 7.18. The van der Waals surface area contributed by atoms with Crippen LogP contribution >= 0.6 is 0 Å². The van der Waals surface area contributed by atoms with Gasteiger partial charge in [-0.1, -0.05) is 6.42 Å². The fourth-order valence-corrected chi connectivity index (χ4v) is 3.63. The lowest BCUT2D eigenvalue weighted by molar-refractivity contribution is -0.120. The van der Waals surface area contributed by atoms with Gasteiger partial charge in [-0.25, -0.2) is 9.18 Å². The number of phenolic OH excluding ortho intramolecular Hbond substituents is 1. The second kappa shape index (κ2) is 12.6. The summed E-state index contributed by atoms with van der Waals surface area (Å²) in [4.78, 5) is 28.0. The standard InChI is InChI=1S/C9H16N2O.C9H17NO2.C6H5FO/c12-8-10-4-6-11(7-5-10)9-2-1-3-9;1-9(2,3)12-8(11)10-6-4-5-7-10;7-5-1-3-6(8)4-2-5/h8-9H,1-7H2;4-7H2,1-3H3;1-4,8H. The number of rotatable bonds is 2. The molecule has 1 saturated carbocycles. The molecule has 7 nitrogen and oxygen atoms in total. The summed E-state index contributed by atoms with van der Waals surface area (Å²) in [5.41, 5.74) is -0.361. The largest absolute Gasteiger partial charge is 0.508 e. The molecule has 0 radical (unpaired) electrons. The van der Waals surface area contributed by atoms with Crippen molar-refractivity contribution in [1.29, 1.82) is 0 Å². The highest BCUT2D eigenvalue weighted by atomic mass is 19.1. The number of likely N-dealkylation sites (tertiary alicyclic amines) is 1. The Kier molecular flexibility index (Phi) is 10.2. The van der Waals surface area contributed by atoms with Gasteiger partial charge in [0.1, 0.15) is 17.2 Å². The fraction of sp³-hybridized carbons (Fsp3) is 0.667. The Labute approximate surface area is 191 Å². The fourth-order valence-electron chi connectivity index (χ4n) is 3.63. The third kappa shape index (κ3) is 9.42. The molecular formula is C24H38FN3O4. The number of benzene rings is 1. The van der Waals surface area contributed by atoms with Crippen LogP contribution in [0.1, 0.15) is 52.9 Å². The number of carbonyl (C=O) groups is 2. The lowest BCUT2D eigenvalue weighted by Crippen LogP contribution is -2.51. The molecule has 0 atom stereocenters. The molecule has 2 heterocycles. The van der Waals surface area contributed by atoms with Crippen LogP contribution in [0, 0.1) is 5.82 Å². The zero-order valence-corrected chi connectivity index (χ0v) is 19.6. The molecule has 32 heavy (non-hydrogen) atoms. The van der Waals surface area contributed by atoms with Crippen LogP contribution < -0.4 is 0 Å². The second-order valence-corrected chi connectivity index (χ2v) is 9.41. The molecule has 1 N–H and O–H groups in total. The van der Waals surface area contributed by atoms with E-state index in [1.54, 1.807) is 4.90 Å². The van der Waals surface area contributed by atoms with Crippen LogP contribution in [0.4, 0.5) is 9.18 Å². The summed E-state index contributed by atoms with van der Waals surface area (Å²) in [6.45, 7) is 11.4. The molecular weight excluding hydrogens is 413 g/mol. The van der Waals surface area contributed by atoms with E-state index in [4.69, 9.17) is 9.84 Å². The summed E-state index contributed by atoms with van der Waals surface area (Å²) in [5.74, 6) is -0.241. The molecule has 1 aromatic carbocycles. The van der Waals surface area contributed by atoms with Crippen molar-refractivity contribution in [2.75, 3.05) is 39.3 Å². The quantitative estimate of drug-likeness (QED) is 0.692. The topological polar surface area (TPSA) is 73.3 Å². The maximum absolute atomic E-state index is 12.0. The maximum atomic E-state index is 12.0. The van der Waals surface area contributed by atoms with Crippen molar-refractivity contribution < 1.29 is 23.8 Å². The molecule has 8 heteroatoms. The molecule has 1 aromatic rings. The smallest absolute Gasteiger partial charge is 0.410 e. The molecule has 0 unspecified atom stereocenters. The van der Waals surface area contributed by atoms with E-state index in [2.05, 4.69) is 4.90 Å². The highest BCUT2D eigenvalue weighted by molar-refractivity contribution is 5.68. The highest BCUT2D eigenvalue weighted by Crippen LogP contribution is 2.25. The average molecular weight is 452 g/mol. The minimum atomic E-state index is -0.361. The van der Waals surface area contributed by atoms with Gasteiger partial charge < -0.3 is 19.6 Å². The van der Waals surface area contributed by atoms with Crippen molar-refractivity contribution in [1.82, 2.24) is 14.7 Å². The molecule has 1 aliphatic carbocycles. The van der Waals surface area contributed by atoms with Crippen molar-refractivity contribution >= 4 is 12.5 Å². The molecule has 2 amide bonds. The molecule has 3 fully saturated rings. The van der Waals surface area contributed by atoms with Gasteiger partial charge in [0.15, 0.2) is 0 Å². The van der Waals surface area contributed by atoms with Crippen LogP contribution in [0.3, 0.4) is 0 Å². The van der Waals surface area contributed by atoms with Gasteiger partial charge in [0.25, 0.3) is 0 Å². The predicted octanol–water partition coefficient (Wildman–Crippen LogP) is 3.86. The first-order chi connectivity index (χ1) is 15.2. The Morgan fingerprint density at radius 3 is 1.97 bits per heavy atom. The maximum Gasteiger partial charge on any atom is 0.410 e. The number of halogens is 1. The van der Waals surface area contributed by atoms with Crippen molar-refractivity contribution in [3.8, 4) is 5.75 Å². The normalized spacial score (nSPS) is 19.1. The number of hydrogen-bond acceptors (Lipinski definition) is 5. The van der Waals surface area contributed by atoms with E-state index >= 15 is 0 Å². The van der Waals surface area contributed by atoms with Gasteiger partial charge in [0.2, 0.25) is 6.41 Å². The number of phenols is 1. The first kappa shape index (κ1) is 25.9. The predicted molar refractivity (Wildman–Crippen MR) is 122 cm³/mol. The molecule has 180 valence electrons. The number of piperazine rings is 1. The zero-order chi connectivity index (χ0) is 23.6. The van der Waals surface area contributed by atoms with Gasteiger partial charge in [0.05, 0.1) is 0 Å². The van der Waals surface area contributed by atoms with E-state index in [0.717, 1.165) is 64.6 Å². The third-order valence-electron chi connectivity index (χ3n) is 5.67. The lowest BCUT2D eigenvalue weighted by atomic mass is 9.91. The van der Waals surface area contributed by atoms with Crippen molar-refractivity contribution in [2.45, 2.75) is 64.5 Å². The van der Waals surface area contributed by atoms with Crippen molar-refractivity contribution in [3.63, 3.8) is 0 Å². The molecule has 4 rings (SSSR count). The van der Waals surface area contributed by atoms with Crippen LogP contribution in [0.15, 0.2) is 24.3 Å². The summed E-state index contributed by atoms with van der Waals surface area (Å²) in [6, 6.07) is 5.86.